The van der Waals surface area contributed by atoms with Gasteiger partial charge in [-0.2, -0.15) is 0 Å². The van der Waals surface area contributed by atoms with Gasteiger partial charge in [-0.1, -0.05) is 44.6 Å². The van der Waals surface area contributed by atoms with Crippen molar-refractivity contribution in [2.75, 3.05) is 19.5 Å². The highest BCUT2D eigenvalue weighted by atomic mass is 31.1. The molecule has 0 amide bonds. The average molecular weight is 210 g/mol. The van der Waals surface area contributed by atoms with Crippen LogP contribution in [0.1, 0.15) is 27.2 Å². The van der Waals surface area contributed by atoms with Crippen LogP contribution in [0, 0.1) is 11.3 Å². The Labute approximate surface area is 90.2 Å². The Balaban J connectivity index is 2.72. The highest BCUT2D eigenvalue weighted by Crippen LogP contribution is 2.42. The van der Waals surface area contributed by atoms with Crippen LogP contribution in [0.2, 0.25) is 0 Å². The molecule has 1 atom stereocenters. The number of hydrogen-bond acceptors (Lipinski definition) is 0. The maximum atomic E-state index is 2.39. The van der Waals surface area contributed by atoms with Crippen molar-refractivity contribution in [1.29, 1.82) is 0 Å². The highest BCUT2D eigenvalue weighted by Gasteiger charge is 2.28. The summed E-state index contributed by atoms with van der Waals surface area (Å²) in [6, 6.07) is 0. The molecule has 0 saturated carbocycles. The number of allylic oxidation sites excluding steroid dienone is 4. The first-order valence-electron chi connectivity index (χ1n) is 5.41. The minimum absolute atomic E-state index is 0.211. The molecule has 0 aromatic carbocycles. The molecule has 0 bridgehead atoms. The van der Waals surface area contributed by atoms with E-state index in [0.29, 0.717) is 5.41 Å². The van der Waals surface area contributed by atoms with Crippen LogP contribution in [-0.4, -0.2) is 19.5 Å². The third-order valence-corrected chi connectivity index (χ3v) is 3.94. The summed E-state index contributed by atoms with van der Waals surface area (Å²) in [7, 11) is 0.211. The monoisotopic (exact) mass is 210 g/mol. The first-order valence-corrected chi connectivity index (χ1v) is 7.83. The largest absolute Gasteiger partial charge is 0.113 e. The van der Waals surface area contributed by atoms with Gasteiger partial charge in [0.15, 0.2) is 0 Å². The Morgan fingerprint density at radius 1 is 1.36 bits per heavy atom. The fourth-order valence-corrected chi connectivity index (χ4v) is 3.55. The number of hydrogen-bond donors (Lipinski definition) is 0. The maximum absolute atomic E-state index is 2.39. The summed E-state index contributed by atoms with van der Waals surface area (Å²) >= 11 is 0. The van der Waals surface area contributed by atoms with Gasteiger partial charge < -0.3 is 0 Å². The molecule has 1 rings (SSSR count). The molecule has 0 heterocycles. The molecule has 14 heavy (non-hydrogen) atoms. The van der Waals surface area contributed by atoms with Crippen LogP contribution in [0.15, 0.2) is 23.8 Å². The fraction of sp³-hybridized carbons (Fsp3) is 0.692. The molecule has 0 N–H and O–H groups in total. The second-order valence-corrected chi connectivity index (χ2v) is 8.08. The molecule has 0 saturated heterocycles. The summed E-state index contributed by atoms with van der Waals surface area (Å²) in [5, 5.41) is 0. The third kappa shape index (κ3) is 3.24. The molecular formula is C13H23P. The Morgan fingerprint density at radius 2 is 2.00 bits per heavy atom. The Hall–Kier alpha value is -0.0900. The van der Waals surface area contributed by atoms with Gasteiger partial charge in [-0.3, -0.25) is 0 Å². The van der Waals surface area contributed by atoms with Gasteiger partial charge in [0, 0.05) is 0 Å². The van der Waals surface area contributed by atoms with Crippen molar-refractivity contribution < 1.29 is 0 Å². The van der Waals surface area contributed by atoms with Gasteiger partial charge in [0.1, 0.15) is 0 Å². The maximum Gasteiger partial charge on any atom is -0.0109 e. The lowest BCUT2D eigenvalue weighted by molar-refractivity contribution is 0.302. The normalized spacial score (nSPS) is 18.9. The Kier molecular flexibility index (Phi) is 3.95. The smallest absolute Gasteiger partial charge is 0.0109 e. The summed E-state index contributed by atoms with van der Waals surface area (Å²) in [6.45, 7) is 11.9. The zero-order chi connectivity index (χ0) is 10.8. The molecule has 1 aliphatic rings. The second kappa shape index (κ2) is 4.62. The molecule has 0 aromatic heterocycles. The quantitative estimate of drug-likeness (QED) is 0.610. The summed E-state index contributed by atoms with van der Waals surface area (Å²) < 4.78 is 0. The SMILES string of the molecule is CP(C)CC(C1=CC=CC1)C(C)(C)C. The van der Waals surface area contributed by atoms with E-state index in [2.05, 4.69) is 52.3 Å². The average Bonchev–Trinajstić information content (AvgIpc) is 2.49. The van der Waals surface area contributed by atoms with Gasteiger partial charge in [-0.05, 0) is 37.2 Å². The minimum atomic E-state index is 0.211. The second-order valence-electron chi connectivity index (χ2n) is 5.55. The van der Waals surface area contributed by atoms with Crippen molar-refractivity contribution in [2.45, 2.75) is 27.2 Å². The Bertz CT molecular complexity index is 240. The van der Waals surface area contributed by atoms with Crippen LogP contribution in [-0.2, 0) is 0 Å². The zero-order valence-electron chi connectivity index (χ0n) is 10.2. The molecule has 1 unspecified atom stereocenters. The van der Waals surface area contributed by atoms with Crippen molar-refractivity contribution in [3.05, 3.63) is 23.8 Å². The van der Waals surface area contributed by atoms with E-state index < -0.39 is 0 Å². The van der Waals surface area contributed by atoms with Crippen molar-refractivity contribution in [2.24, 2.45) is 11.3 Å². The van der Waals surface area contributed by atoms with Crippen molar-refractivity contribution in [1.82, 2.24) is 0 Å². The minimum Gasteiger partial charge on any atom is -0.113 e. The van der Waals surface area contributed by atoms with Crippen LogP contribution in [0.25, 0.3) is 0 Å². The number of rotatable bonds is 3. The molecule has 80 valence electrons. The van der Waals surface area contributed by atoms with E-state index in [9.17, 15) is 0 Å². The van der Waals surface area contributed by atoms with Gasteiger partial charge in [-0.25, -0.2) is 0 Å². The van der Waals surface area contributed by atoms with E-state index in [1.807, 2.05) is 0 Å². The van der Waals surface area contributed by atoms with Crippen molar-refractivity contribution >= 4 is 7.92 Å². The van der Waals surface area contributed by atoms with E-state index in [1.165, 1.54) is 12.6 Å². The predicted molar refractivity (Wildman–Crippen MR) is 68.4 cm³/mol. The van der Waals surface area contributed by atoms with E-state index in [1.54, 1.807) is 5.57 Å². The molecule has 0 spiro atoms. The molecule has 0 aromatic rings. The summed E-state index contributed by atoms with van der Waals surface area (Å²) in [6.07, 6.45) is 9.38. The summed E-state index contributed by atoms with van der Waals surface area (Å²) in [5.41, 5.74) is 2.07. The summed E-state index contributed by atoms with van der Waals surface area (Å²) in [4.78, 5) is 0. The first kappa shape index (κ1) is 12.0. The van der Waals surface area contributed by atoms with E-state index in [4.69, 9.17) is 0 Å². The van der Waals surface area contributed by atoms with Gasteiger partial charge in [-0.15, -0.1) is 7.92 Å². The van der Waals surface area contributed by atoms with Crippen molar-refractivity contribution in [3.8, 4) is 0 Å². The molecule has 0 nitrogen and oxygen atoms in total. The highest BCUT2D eigenvalue weighted by molar-refractivity contribution is 7.56. The van der Waals surface area contributed by atoms with Crippen molar-refractivity contribution in [3.63, 3.8) is 0 Å². The molecule has 0 fully saturated rings. The lowest BCUT2D eigenvalue weighted by Gasteiger charge is -2.33. The fourth-order valence-electron chi connectivity index (χ4n) is 2.03. The van der Waals surface area contributed by atoms with Crippen LogP contribution in [0.5, 0.6) is 0 Å². The Morgan fingerprint density at radius 3 is 2.36 bits per heavy atom. The molecule has 0 radical (unpaired) electrons. The van der Waals surface area contributed by atoms with Crippen LogP contribution in [0.3, 0.4) is 0 Å². The zero-order valence-corrected chi connectivity index (χ0v) is 11.1. The first-order chi connectivity index (χ1) is 6.41. The van der Waals surface area contributed by atoms with E-state index >= 15 is 0 Å². The summed E-state index contributed by atoms with van der Waals surface area (Å²) in [5.74, 6) is 0.776. The van der Waals surface area contributed by atoms with Gasteiger partial charge in [0.05, 0.1) is 0 Å². The van der Waals surface area contributed by atoms with Crippen LogP contribution >= 0.6 is 7.92 Å². The van der Waals surface area contributed by atoms with Gasteiger partial charge in [0.2, 0.25) is 0 Å². The van der Waals surface area contributed by atoms with Crippen LogP contribution < -0.4 is 0 Å². The van der Waals surface area contributed by atoms with Gasteiger partial charge >= 0.3 is 0 Å². The standard InChI is InChI=1S/C13H23P/c1-13(2,3)12(10-14(4)5)11-8-6-7-9-11/h6-8,12H,9-10H2,1-5H3. The molecular weight excluding hydrogens is 187 g/mol. The lowest BCUT2D eigenvalue weighted by atomic mass is 9.77. The van der Waals surface area contributed by atoms with E-state index in [0.717, 1.165) is 5.92 Å². The molecule has 0 aliphatic heterocycles. The molecule has 1 heteroatoms. The topological polar surface area (TPSA) is 0 Å². The predicted octanol–water partition coefficient (Wildman–Crippen LogP) is 4.28. The van der Waals surface area contributed by atoms with Crippen LogP contribution in [0.4, 0.5) is 0 Å². The van der Waals surface area contributed by atoms with E-state index in [-0.39, 0.29) is 7.92 Å². The lowest BCUT2D eigenvalue weighted by Crippen LogP contribution is -2.24. The third-order valence-electron chi connectivity index (χ3n) is 2.84. The molecule has 1 aliphatic carbocycles. The van der Waals surface area contributed by atoms with Gasteiger partial charge in [0.25, 0.3) is 0 Å².